The van der Waals surface area contributed by atoms with Crippen LogP contribution in [-0.4, -0.2) is 31.8 Å². The second-order valence-electron chi connectivity index (χ2n) is 4.80. The van der Waals surface area contributed by atoms with E-state index in [2.05, 4.69) is 10.1 Å². The van der Waals surface area contributed by atoms with Crippen molar-refractivity contribution in [3.63, 3.8) is 0 Å². The molecule has 1 aromatic carbocycles. The van der Waals surface area contributed by atoms with Crippen LogP contribution in [0.25, 0.3) is 0 Å². The van der Waals surface area contributed by atoms with E-state index in [-0.39, 0.29) is 29.1 Å². The number of nitrogens with two attached hydrogens (primary N) is 1. The van der Waals surface area contributed by atoms with E-state index in [1.807, 2.05) is 6.92 Å². The number of carbonyl (C=O) groups excluding carboxylic acids is 1. The Bertz CT molecular complexity index is 501. The molecule has 1 saturated carbocycles. The van der Waals surface area contributed by atoms with Gasteiger partial charge in [0, 0.05) is 18.3 Å². The summed E-state index contributed by atoms with van der Waals surface area (Å²) in [5.74, 6) is -1.05. The van der Waals surface area contributed by atoms with Gasteiger partial charge in [-0.2, -0.15) is 0 Å². The van der Waals surface area contributed by atoms with E-state index in [1.165, 1.54) is 13.2 Å². The molecule has 0 spiro atoms. The minimum Gasteiger partial charge on any atom is -0.465 e. The van der Waals surface area contributed by atoms with Gasteiger partial charge in [-0.25, -0.2) is 9.18 Å². The van der Waals surface area contributed by atoms with Crippen LogP contribution in [0.15, 0.2) is 12.1 Å². The summed E-state index contributed by atoms with van der Waals surface area (Å²) in [4.78, 5) is 11.5. The van der Waals surface area contributed by atoms with Gasteiger partial charge in [-0.3, -0.25) is 0 Å². The summed E-state index contributed by atoms with van der Waals surface area (Å²) in [6, 6.07) is 2.67. The largest absolute Gasteiger partial charge is 0.465 e. The predicted molar refractivity (Wildman–Crippen MR) is 74.2 cm³/mol. The monoisotopic (exact) mass is 282 g/mol. The maximum Gasteiger partial charge on any atom is 0.340 e. The van der Waals surface area contributed by atoms with Crippen molar-refractivity contribution in [2.75, 3.05) is 24.8 Å². The Balaban J connectivity index is 2.07. The van der Waals surface area contributed by atoms with Crippen molar-refractivity contribution in [3.8, 4) is 0 Å². The molecule has 5 nitrogen and oxygen atoms in total. The number of ether oxygens (including phenoxy) is 2. The van der Waals surface area contributed by atoms with Crippen molar-refractivity contribution < 1.29 is 18.7 Å². The summed E-state index contributed by atoms with van der Waals surface area (Å²) in [5.41, 5.74) is 6.11. The van der Waals surface area contributed by atoms with Gasteiger partial charge in [-0.05, 0) is 31.9 Å². The molecule has 1 aliphatic rings. The molecular formula is C14H19FN2O3. The van der Waals surface area contributed by atoms with E-state index < -0.39 is 11.8 Å². The molecule has 0 heterocycles. The molecule has 0 unspecified atom stereocenters. The van der Waals surface area contributed by atoms with E-state index in [1.54, 1.807) is 0 Å². The molecule has 0 amide bonds. The van der Waals surface area contributed by atoms with Crippen LogP contribution in [0.1, 0.15) is 30.1 Å². The van der Waals surface area contributed by atoms with Crippen LogP contribution in [0.5, 0.6) is 0 Å². The molecule has 0 atom stereocenters. The van der Waals surface area contributed by atoms with Crippen LogP contribution in [0.4, 0.5) is 15.8 Å². The van der Waals surface area contributed by atoms with Gasteiger partial charge in [0.25, 0.3) is 0 Å². The summed E-state index contributed by atoms with van der Waals surface area (Å²) < 4.78 is 23.9. The molecule has 1 aromatic rings. The Morgan fingerprint density at radius 1 is 1.50 bits per heavy atom. The Hall–Kier alpha value is -1.82. The highest BCUT2D eigenvalue weighted by molar-refractivity contribution is 5.96. The average molecular weight is 282 g/mol. The number of nitrogens with one attached hydrogen (secondary N) is 1. The molecule has 20 heavy (non-hydrogen) atoms. The number of methoxy groups -OCH3 is 1. The molecule has 110 valence electrons. The Kier molecular flexibility index (Phi) is 4.44. The number of esters is 1. The Morgan fingerprint density at radius 2 is 2.20 bits per heavy atom. The smallest absolute Gasteiger partial charge is 0.340 e. The van der Waals surface area contributed by atoms with Crippen molar-refractivity contribution in [3.05, 3.63) is 23.5 Å². The van der Waals surface area contributed by atoms with Gasteiger partial charge in [-0.15, -0.1) is 0 Å². The fourth-order valence-electron chi connectivity index (χ4n) is 2.26. The fraction of sp³-hybridized carbons (Fsp3) is 0.500. The fourth-order valence-corrected chi connectivity index (χ4v) is 2.26. The molecule has 0 aromatic heterocycles. The second kappa shape index (κ2) is 6.09. The zero-order valence-electron chi connectivity index (χ0n) is 11.6. The molecule has 0 saturated heterocycles. The number of rotatable bonds is 5. The van der Waals surface area contributed by atoms with Gasteiger partial charge in [0.2, 0.25) is 0 Å². The van der Waals surface area contributed by atoms with Crippen molar-refractivity contribution in [2.45, 2.75) is 31.9 Å². The first-order valence-electron chi connectivity index (χ1n) is 6.60. The number of hydrogen-bond acceptors (Lipinski definition) is 5. The normalized spacial score (nSPS) is 21.1. The molecule has 0 radical (unpaired) electrons. The molecule has 0 aliphatic heterocycles. The number of hydrogen-bond donors (Lipinski definition) is 2. The standard InChI is InChI=1S/C14H19FN2O3/c1-3-20-9-4-8(5-9)17-13-6-10(14(18)19-2)12(16)7-11(13)15/h6-9,17H,3-5,16H2,1-2H3. The number of halogens is 1. The maximum absolute atomic E-state index is 13.8. The Labute approximate surface area is 117 Å². The van der Waals surface area contributed by atoms with Crippen molar-refractivity contribution >= 4 is 17.3 Å². The summed E-state index contributed by atoms with van der Waals surface area (Å²) >= 11 is 0. The summed E-state index contributed by atoms with van der Waals surface area (Å²) in [6.45, 7) is 2.63. The lowest BCUT2D eigenvalue weighted by Gasteiger charge is -2.36. The highest BCUT2D eigenvalue weighted by Crippen LogP contribution is 2.30. The van der Waals surface area contributed by atoms with Gasteiger partial charge < -0.3 is 20.5 Å². The van der Waals surface area contributed by atoms with E-state index >= 15 is 0 Å². The highest BCUT2D eigenvalue weighted by atomic mass is 19.1. The van der Waals surface area contributed by atoms with E-state index in [9.17, 15) is 9.18 Å². The van der Waals surface area contributed by atoms with Crippen LogP contribution in [0.2, 0.25) is 0 Å². The SMILES string of the molecule is CCOC1CC(Nc2cc(C(=O)OC)c(N)cc2F)C1. The molecule has 0 bridgehead atoms. The van der Waals surface area contributed by atoms with Crippen LogP contribution in [-0.2, 0) is 9.47 Å². The third-order valence-electron chi connectivity index (χ3n) is 3.40. The lowest BCUT2D eigenvalue weighted by Crippen LogP contribution is -2.41. The van der Waals surface area contributed by atoms with Crippen LogP contribution in [0.3, 0.4) is 0 Å². The lowest BCUT2D eigenvalue weighted by atomic mass is 9.89. The molecule has 1 aliphatic carbocycles. The molecule has 3 N–H and O–H groups in total. The number of carbonyl (C=O) groups is 1. The van der Waals surface area contributed by atoms with Crippen LogP contribution < -0.4 is 11.1 Å². The van der Waals surface area contributed by atoms with Gasteiger partial charge >= 0.3 is 5.97 Å². The quantitative estimate of drug-likeness (QED) is 0.639. The molecular weight excluding hydrogens is 263 g/mol. The van der Waals surface area contributed by atoms with Gasteiger partial charge in [-0.1, -0.05) is 0 Å². The van der Waals surface area contributed by atoms with Crippen molar-refractivity contribution in [2.24, 2.45) is 0 Å². The zero-order chi connectivity index (χ0) is 14.7. The van der Waals surface area contributed by atoms with Gasteiger partial charge in [0.1, 0.15) is 5.82 Å². The molecule has 2 rings (SSSR count). The van der Waals surface area contributed by atoms with E-state index in [0.717, 1.165) is 18.9 Å². The van der Waals surface area contributed by atoms with Gasteiger partial charge in [0.15, 0.2) is 0 Å². The summed E-state index contributed by atoms with van der Waals surface area (Å²) in [5, 5.41) is 3.06. The summed E-state index contributed by atoms with van der Waals surface area (Å²) in [7, 11) is 1.26. The number of benzene rings is 1. The minimum atomic E-state index is -0.577. The van der Waals surface area contributed by atoms with Crippen molar-refractivity contribution in [1.29, 1.82) is 0 Å². The lowest BCUT2D eigenvalue weighted by molar-refractivity contribution is 0.00292. The molecule has 1 fully saturated rings. The first kappa shape index (κ1) is 14.6. The average Bonchev–Trinajstić information content (AvgIpc) is 2.38. The Morgan fingerprint density at radius 3 is 2.80 bits per heavy atom. The number of nitrogen functional groups attached to an aromatic ring is 1. The topological polar surface area (TPSA) is 73.6 Å². The third kappa shape index (κ3) is 3.01. The highest BCUT2D eigenvalue weighted by Gasteiger charge is 2.30. The maximum atomic E-state index is 13.8. The predicted octanol–water partition coefficient (Wildman–Crippen LogP) is 2.17. The third-order valence-corrected chi connectivity index (χ3v) is 3.40. The van der Waals surface area contributed by atoms with Crippen molar-refractivity contribution in [1.82, 2.24) is 0 Å². The van der Waals surface area contributed by atoms with Crippen LogP contribution in [0, 0.1) is 5.82 Å². The van der Waals surface area contributed by atoms with Gasteiger partial charge in [0.05, 0.1) is 24.5 Å². The van der Waals surface area contributed by atoms with E-state index in [4.69, 9.17) is 10.5 Å². The summed E-state index contributed by atoms with van der Waals surface area (Å²) in [6.07, 6.45) is 1.88. The second-order valence-corrected chi connectivity index (χ2v) is 4.80. The first-order valence-corrected chi connectivity index (χ1v) is 6.60. The zero-order valence-corrected chi connectivity index (χ0v) is 11.6. The van der Waals surface area contributed by atoms with Crippen LogP contribution >= 0.6 is 0 Å². The molecule has 6 heteroatoms. The number of anilines is 2. The minimum absolute atomic E-state index is 0.0701. The van der Waals surface area contributed by atoms with E-state index in [0.29, 0.717) is 6.61 Å². The first-order chi connectivity index (χ1) is 9.55.